The number of halogens is 1. The fraction of sp³-hybridized carbons (Fsp3) is 0. The molecule has 0 spiro atoms. The summed E-state index contributed by atoms with van der Waals surface area (Å²) in [7, 11) is 0. The Morgan fingerprint density at radius 3 is 2.15 bits per heavy atom. The molecule has 0 N–H and O–H groups in total. The first-order valence-corrected chi connectivity index (χ1v) is 12.6. The zero-order valence-corrected chi connectivity index (χ0v) is 20.0. The first-order chi connectivity index (χ1) is 16.3. The summed E-state index contributed by atoms with van der Waals surface area (Å²) in [6, 6.07) is 39.4. The van der Waals surface area contributed by atoms with E-state index in [1.165, 1.54) is 58.8 Å². The Kier molecular flexibility index (Phi) is 4.23. The molecule has 0 amide bonds. The van der Waals surface area contributed by atoms with E-state index >= 15 is 0 Å². The third-order valence-corrected chi connectivity index (χ3v) is 8.18. The van der Waals surface area contributed by atoms with Crippen LogP contribution < -0.4 is 0 Å². The van der Waals surface area contributed by atoms with E-state index in [1.54, 1.807) is 0 Å². The molecule has 3 heteroatoms. The van der Waals surface area contributed by atoms with Gasteiger partial charge in [-0.25, -0.2) is 0 Å². The SMILES string of the molecule is Brc1ccc(-c2cc3c4ccccc4n(-c4ccccc4)c3c3c2sc2ccccc23)cc1. The summed E-state index contributed by atoms with van der Waals surface area (Å²) in [6.45, 7) is 0. The molecular formula is C30H18BrNS. The van der Waals surface area contributed by atoms with Crippen LogP contribution >= 0.6 is 27.3 Å². The zero-order valence-electron chi connectivity index (χ0n) is 17.6. The second kappa shape index (κ2) is 7.31. The van der Waals surface area contributed by atoms with E-state index in [0.29, 0.717) is 0 Å². The fourth-order valence-electron chi connectivity index (χ4n) is 5.03. The second-order valence-electron chi connectivity index (χ2n) is 8.32. The van der Waals surface area contributed by atoms with Gasteiger partial charge in [0.1, 0.15) is 0 Å². The summed E-state index contributed by atoms with van der Waals surface area (Å²) in [5.41, 5.74) is 6.26. The van der Waals surface area contributed by atoms with Crippen LogP contribution in [0, 0.1) is 0 Å². The number of nitrogens with zero attached hydrogens (tertiary/aromatic N) is 1. The Morgan fingerprint density at radius 2 is 1.33 bits per heavy atom. The van der Waals surface area contributed by atoms with Gasteiger partial charge in [-0.3, -0.25) is 0 Å². The number of aromatic nitrogens is 1. The topological polar surface area (TPSA) is 4.93 Å². The van der Waals surface area contributed by atoms with Crippen LogP contribution in [-0.4, -0.2) is 4.57 Å². The van der Waals surface area contributed by atoms with Crippen molar-refractivity contribution in [3.05, 3.63) is 114 Å². The molecule has 1 nitrogen and oxygen atoms in total. The van der Waals surface area contributed by atoms with E-state index in [2.05, 4.69) is 130 Å². The average molecular weight is 504 g/mol. The summed E-state index contributed by atoms with van der Waals surface area (Å²) in [5.74, 6) is 0. The third kappa shape index (κ3) is 2.83. The Labute approximate surface area is 203 Å². The number of fused-ring (bicyclic) bond motifs is 7. The van der Waals surface area contributed by atoms with Crippen LogP contribution in [0.15, 0.2) is 114 Å². The predicted octanol–water partition coefficient (Wildman–Crippen LogP) is 9.58. The van der Waals surface area contributed by atoms with Crippen LogP contribution in [0.1, 0.15) is 0 Å². The summed E-state index contributed by atoms with van der Waals surface area (Å²) >= 11 is 5.49. The van der Waals surface area contributed by atoms with Crippen LogP contribution in [0.5, 0.6) is 0 Å². The van der Waals surface area contributed by atoms with Crippen molar-refractivity contribution >= 4 is 69.2 Å². The highest BCUT2D eigenvalue weighted by molar-refractivity contribution is 9.10. The largest absolute Gasteiger partial charge is 0.309 e. The van der Waals surface area contributed by atoms with Gasteiger partial charge in [0.2, 0.25) is 0 Å². The molecule has 0 radical (unpaired) electrons. The molecule has 7 aromatic rings. The number of hydrogen-bond acceptors (Lipinski definition) is 1. The summed E-state index contributed by atoms with van der Waals surface area (Å²) in [6.07, 6.45) is 0. The first-order valence-electron chi connectivity index (χ1n) is 11.0. The lowest BCUT2D eigenvalue weighted by Gasteiger charge is -2.11. The highest BCUT2D eigenvalue weighted by Crippen LogP contribution is 2.47. The van der Waals surface area contributed by atoms with Crippen molar-refractivity contribution in [1.82, 2.24) is 4.57 Å². The molecule has 0 fully saturated rings. The lowest BCUT2D eigenvalue weighted by Crippen LogP contribution is -1.93. The van der Waals surface area contributed by atoms with Gasteiger partial charge >= 0.3 is 0 Å². The maximum absolute atomic E-state index is 3.60. The third-order valence-electron chi connectivity index (χ3n) is 6.45. The van der Waals surface area contributed by atoms with Crippen LogP contribution in [-0.2, 0) is 0 Å². The van der Waals surface area contributed by atoms with Crippen molar-refractivity contribution in [3.8, 4) is 16.8 Å². The van der Waals surface area contributed by atoms with Crippen LogP contribution in [0.4, 0.5) is 0 Å². The average Bonchev–Trinajstić information content (AvgIpc) is 3.41. The smallest absolute Gasteiger partial charge is 0.0634 e. The van der Waals surface area contributed by atoms with Gasteiger partial charge in [-0.05, 0) is 48.0 Å². The fourth-order valence-corrected chi connectivity index (χ4v) is 6.53. The normalized spacial score (nSPS) is 11.8. The van der Waals surface area contributed by atoms with Crippen LogP contribution in [0.2, 0.25) is 0 Å². The van der Waals surface area contributed by atoms with Crippen molar-refractivity contribution < 1.29 is 0 Å². The molecule has 0 atom stereocenters. The van der Waals surface area contributed by atoms with E-state index in [9.17, 15) is 0 Å². The van der Waals surface area contributed by atoms with E-state index in [0.717, 1.165) is 4.47 Å². The molecule has 2 aromatic heterocycles. The van der Waals surface area contributed by atoms with Crippen LogP contribution in [0.25, 0.3) is 58.8 Å². The van der Waals surface area contributed by atoms with Crippen molar-refractivity contribution in [1.29, 1.82) is 0 Å². The van der Waals surface area contributed by atoms with Crippen molar-refractivity contribution in [2.45, 2.75) is 0 Å². The molecule has 7 rings (SSSR count). The van der Waals surface area contributed by atoms with Gasteiger partial charge in [0.15, 0.2) is 0 Å². The Morgan fingerprint density at radius 1 is 0.636 bits per heavy atom. The van der Waals surface area contributed by atoms with Gasteiger partial charge in [0, 0.05) is 46.7 Å². The number of thiophene rings is 1. The molecule has 0 saturated heterocycles. The molecule has 2 heterocycles. The molecule has 0 saturated carbocycles. The van der Waals surface area contributed by atoms with Gasteiger partial charge < -0.3 is 4.57 Å². The minimum absolute atomic E-state index is 1.10. The molecule has 0 unspecified atom stereocenters. The van der Waals surface area contributed by atoms with E-state index in [4.69, 9.17) is 0 Å². The maximum atomic E-state index is 3.60. The highest BCUT2D eigenvalue weighted by Gasteiger charge is 2.21. The number of benzene rings is 5. The molecular weight excluding hydrogens is 486 g/mol. The molecule has 0 aliphatic rings. The number of rotatable bonds is 2. The lowest BCUT2D eigenvalue weighted by molar-refractivity contribution is 1.19. The summed E-state index contributed by atoms with van der Waals surface area (Å²) in [5, 5.41) is 5.24. The quantitative estimate of drug-likeness (QED) is 0.221. The Balaban J connectivity index is 1.77. The van der Waals surface area contributed by atoms with E-state index < -0.39 is 0 Å². The van der Waals surface area contributed by atoms with E-state index in [-0.39, 0.29) is 0 Å². The van der Waals surface area contributed by atoms with Crippen molar-refractivity contribution in [2.24, 2.45) is 0 Å². The lowest BCUT2D eigenvalue weighted by atomic mass is 9.99. The first kappa shape index (κ1) is 19.1. The summed E-state index contributed by atoms with van der Waals surface area (Å²) < 4.78 is 6.20. The van der Waals surface area contributed by atoms with Gasteiger partial charge in [-0.1, -0.05) is 82.7 Å². The minimum Gasteiger partial charge on any atom is -0.309 e. The highest BCUT2D eigenvalue weighted by atomic mass is 79.9. The van der Waals surface area contributed by atoms with Gasteiger partial charge in [-0.15, -0.1) is 11.3 Å². The van der Waals surface area contributed by atoms with Crippen molar-refractivity contribution in [3.63, 3.8) is 0 Å². The molecule has 156 valence electrons. The van der Waals surface area contributed by atoms with E-state index in [1.807, 2.05) is 11.3 Å². The monoisotopic (exact) mass is 503 g/mol. The molecule has 0 bridgehead atoms. The number of para-hydroxylation sites is 2. The summed E-state index contributed by atoms with van der Waals surface area (Å²) in [4.78, 5) is 0. The predicted molar refractivity (Wildman–Crippen MR) is 147 cm³/mol. The minimum atomic E-state index is 1.10. The van der Waals surface area contributed by atoms with Gasteiger partial charge in [-0.2, -0.15) is 0 Å². The van der Waals surface area contributed by atoms with Crippen LogP contribution in [0.3, 0.4) is 0 Å². The van der Waals surface area contributed by atoms with Gasteiger partial charge in [0.25, 0.3) is 0 Å². The standard InChI is InChI=1S/C30H18BrNS/c31-20-16-14-19(15-17-20)24-18-25-22-10-4-6-12-26(22)32(21-8-2-1-3-9-21)29(25)28-23-11-5-7-13-27(23)33-30(24)28/h1-18H. The molecule has 0 aliphatic carbocycles. The molecule has 0 aliphatic heterocycles. The second-order valence-corrected chi connectivity index (χ2v) is 10.3. The zero-order chi connectivity index (χ0) is 21.9. The maximum Gasteiger partial charge on any atom is 0.0634 e. The number of hydrogen-bond donors (Lipinski definition) is 0. The molecule has 33 heavy (non-hydrogen) atoms. The van der Waals surface area contributed by atoms with Gasteiger partial charge in [0.05, 0.1) is 11.0 Å². The Bertz CT molecular complexity index is 1810. The Hall–Kier alpha value is -3.40. The molecule has 5 aromatic carbocycles. The van der Waals surface area contributed by atoms with Crippen molar-refractivity contribution in [2.75, 3.05) is 0 Å².